The molecule has 1 amide bonds. The predicted molar refractivity (Wildman–Crippen MR) is 73.2 cm³/mol. The Bertz CT molecular complexity index is 433. The molecule has 0 aromatic heterocycles. The van der Waals surface area contributed by atoms with Crippen molar-refractivity contribution >= 4 is 23.4 Å². The van der Waals surface area contributed by atoms with E-state index in [-0.39, 0.29) is 11.6 Å². The lowest BCUT2D eigenvalue weighted by Crippen LogP contribution is -2.32. The number of thioether (sulfide) groups is 1. The summed E-state index contributed by atoms with van der Waals surface area (Å²) >= 11 is 1.90. The van der Waals surface area contributed by atoms with E-state index in [0.717, 1.165) is 6.42 Å². The standard InChI is InChI=1S/C13H17FN2OS/c14-9-4-5-11(12(15)7-9)13(17)16-8-10-3-1-2-6-18-10/h4-5,7,10H,1-3,6,8,15H2,(H,16,17). The third-order valence-corrected chi connectivity index (χ3v) is 4.42. The van der Waals surface area contributed by atoms with Crippen molar-refractivity contribution in [2.75, 3.05) is 18.0 Å². The van der Waals surface area contributed by atoms with E-state index < -0.39 is 5.82 Å². The average Bonchev–Trinajstić information content (AvgIpc) is 2.37. The highest BCUT2D eigenvalue weighted by molar-refractivity contribution is 7.99. The molecule has 0 bridgehead atoms. The normalized spacial score (nSPS) is 19.5. The fourth-order valence-electron chi connectivity index (χ4n) is 2.01. The maximum absolute atomic E-state index is 12.9. The molecule has 0 radical (unpaired) electrons. The highest BCUT2D eigenvalue weighted by atomic mass is 32.2. The van der Waals surface area contributed by atoms with Gasteiger partial charge in [0.2, 0.25) is 0 Å². The number of carbonyl (C=O) groups excluding carboxylic acids is 1. The molecule has 5 heteroatoms. The molecule has 1 fully saturated rings. The van der Waals surface area contributed by atoms with Crippen molar-refractivity contribution in [3.8, 4) is 0 Å². The van der Waals surface area contributed by atoms with E-state index in [1.165, 1.54) is 36.8 Å². The monoisotopic (exact) mass is 268 g/mol. The van der Waals surface area contributed by atoms with Crippen molar-refractivity contribution in [3.05, 3.63) is 29.6 Å². The summed E-state index contributed by atoms with van der Waals surface area (Å²) in [5, 5.41) is 3.36. The highest BCUT2D eigenvalue weighted by Crippen LogP contribution is 2.24. The summed E-state index contributed by atoms with van der Waals surface area (Å²) in [5.41, 5.74) is 6.15. The molecule has 1 heterocycles. The van der Waals surface area contributed by atoms with Crippen LogP contribution in [0.2, 0.25) is 0 Å². The smallest absolute Gasteiger partial charge is 0.253 e. The zero-order valence-electron chi connectivity index (χ0n) is 10.1. The maximum Gasteiger partial charge on any atom is 0.253 e. The Labute approximate surface area is 110 Å². The second kappa shape index (κ2) is 6.09. The van der Waals surface area contributed by atoms with Crippen molar-refractivity contribution in [2.45, 2.75) is 24.5 Å². The third kappa shape index (κ3) is 3.38. The molecule has 1 aliphatic rings. The lowest BCUT2D eigenvalue weighted by Gasteiger charge is -2.21. The van der Waals surface area contributed by atoms with E-state index in [1.807, 2.05) is 11.8 Å². The molecular formula is C13H17FN2OS. The van der Waals surface area contributed by atoms with Crippen LogP contribution in [0.25, 0.3) is 0 Å². The fraction of sp³-hybridized carbons (Fsp3) is 0.462. The van der Waals surface area contributed by atoms with Gasteiger partial charge in [0.1, 0.15) is 5.82 Å². The number of anilines is 1. The highest BCUT2D eigenvalue weighted by Gasteiger charge is 2.16. The van der Waals surface area contributed by atoms with Crippen LogP contribution in [-0.2, 0) is 0 Å². The molecule has 0 saturated carbocycles. The quantitative estimate of drug-likeness (QED) is 0.828. The fourth-order valence-corrected chi connectivity index (χ4v) is 3.25. The van der Waals surface area contributed by atoms with Gasteiger partial charge in [0.25, 0.3) is 5.91 Å². The molecule has 1 aliphatic heterocycles. The first-order chi connectivity index (χ1) is 8.66. The van der Waals surface area contributed by atoms with Gasteiger partial charge in [-0.1, -0.05) is 6.42 Å². The molecule has 1 atom stereocenters. The van der Waals surface area contributed by atoms with Crippen LogP contribution in [0, 0.1) is 5.82 Å². The van der Waals surface area contributed by atoms with Crippen LogP contribution in [0.3, 0.4) is 0 Å². The number of nitrogens with two attached hydrogens (primary N) is 1. The molecule has 1 aromatic carbocycles. The van der Waals surface area contributed by atoms with E-state index in [1.54, 1.807) is 0 Å². The van der Waals surface area contributed by atoms with Crippen molar-refractivity contribution in [2.24, 2.45) is 0 Å². The Morgan fingerprint density at radius 3 is 3.00 bits per heavy atom. The lowest BCUT2D eigenvalue weighted by atomic mass is 10.1. The number of carbonyl (C=O) groups is 1. The maximum atomic E-state index is 12.9. The van der Waals surface area contributed by atoms with E-state index in [4.69, 9.17) is 5.73 Å². The van der Waals surface area contributed by atoms with E-state index in [9.17, 15) is 9.18 Å². The molecule has 3 N–H and O–H groups in total. The van der Waals surface area contributed by atoms with Crippen LogP contribution in [0.15, 0.2) is 18.2 Å². The van der Waals surface area contributed by atoms with Crippen LogP contribution in [0.4, 0.5) is 10.1 Å². The molecule has 1 saturated heterocycles. The summed E-state index contributed by atoms with van der Waals surface area (Å²) < 4.78 is 12.9. The molecule has 1 unspecified atom stereocenters. The van der Waals surface area contributed by atoms with Gasteiger partial charge in [0, 0.05) is 17.5 Å². The summed E-state index contributed by atoms with van der Waals surface area (Å²) in [6.45, 7) is 0.653. The van der Waals surface area contributed by atoms with Crippen molar-refractivity contribution < 1.29 is 9.18 Å². The van der Waals surface area contributed by atoms with Gasteiger partial charge in [-0.2, -0.15) is 11.8 Å². The summed E-state index contributed by atoms with van der Waals surface area (Å²) in [4.78, 5) is 11.9. The number of rotatable bonds is 3. The third-order valence-electron chi connectivity index (χ3n) is 3.02. The Hall–Kier alpha value is -1.23. The number of amides is 1. The second-order valence-corrected chi connectivity index (χ2v) is 5.84. The first kappa shape index (κ1) is 13.2. The van der Waals surface area contributed by atoms with E-state index in [2.05, 4.69) is 5.32 Å². The average molecular weight is 268 g/mol. The molecular weight excluding hydrogens is 251 g/mol. The summed E-state index contributed by atoms with van der Waals surface area (Å²) in [7, 11) is 0. The van der Waals surface area contributed by atoms with Crippen LogP contribution < -0.4 is 11.1 Å². The largest absolute Gasteiger partial charge is 0.398 e. The van der Waals surface area contributed by atoms with Gasteiger partial charge in [0.15, 0.2) is 0 Å². The number of nitrogen functional groups attached to an aromatic ring is 1. The summed E-state index contributed by atoms with van der Waals surface area (Å²) in [6.07, 6.45) is 3.64. The number of nitrogens with one attached hydrogen (secondary N) is 1. The van der Waals surface area contributed by atoms with Gasteiger partial charge in [-0.15, -0.1) is 0 Å². The first-order valence-corrected chi connectivity index (χ1v) is 7.16. The minimum absolute atomic E-state index is 0.184. The van der Waals surface area contributed by atoms with Gasteiger partial charge in [-0.25, -0.2) is 4.39 Å². The Morgan fingerprint density at radius 2 is 2.33 bits per heavy atom. The number of hydrogen-bond donors (Lipinski definition) is 2. The topological polar surface area (TPSA) is 55.1 Å². The van der Waals surface area contributed by atoms with Crippen LogP contribution in [0.1, 0.15) is 29.6 Å². The Morgan fingerprint density at radius 1 is 1.50 bits per heavy atom. The molecule has 18 heavy (non-hydrogen) atoms. The molecule has 98 valence electrons. The number of halogens is 1. The molecule has 2 rings (SSSR count). The predicted octanol–water partition coefficient (Wildman–Crippen LogP) is 2.42. The molecule has 1 aromatic rings. The van der Waals surface area contributed by atoms with Crippen molar-refractivity contribution in [1.29, 1.82) is 0 Å². The molecule has 0 spiro atoms. The Balaban J connectivity index is 1.90. The number of benzene rings is 1. The van der Waals surface area contributed by atoms with Crippen LogP contribution in [-0.4, -0.2) is 23.5 Å². The lowest BCUT2D eigenvalue weighted by molar-refractivity contribution is 0.0954. The van der Waals surface area contributed by atoms with Crippen LogP contribution >= 0.6 is 11.8 Å². The number of hydrogen-bond acceptors (Lipinski definition) is 3. The van der Waals surface area contributed by atoms with Crippen LogP contribution in [0.5, 0.6) is 0 Å². The second-order valence-electron chi connectivity index (χ2n) is 4.43. The van der Waals surface area contributed by atoms with Gasteiger partial charge < -0.3 is 11.1 Å². The minimum Gasteiger partial charge on any atom is -0.398 e. The van der Waals surface area contributed by atoms with E-state index in [0.29, 0.717) is 17.4 Å². The molecule has 3 nitrogen and oxygen atoms in total. The zero-order chi connectivity index (χ0) is 13.0. The van der Waals surface area contributed by atoms with Gasteiger partial charge in [-0.3, -0.25) is 4.79 Å². The van der Waals surface area contributed by atoms with Gasteiger partial charge in [0.05, 0.1) is 5.56 Å². The minimum atomic E-state index is -0.424. The summed E-state index contributed by atoms with van der Waals surface area (Å²) in [5.74, 6) is 0.518. The van der Waals surface area contributed by atoms with Gasteiger partial charge >= 0.3 is 0 Å². The van der Waals surface area contributed by atoms with Crippen molar-refractivity contribution in [1.82, 2.24) is 5.32 Å². The van der Waals surface area contributed by atoms with Crippen molar-refractivity contribution in [3.63, 3.8) is 0 Å². The first-order valence-electron chi connectivity index (χ1n) is 6.11. The van der Waals surface area contributed by atoms with E-state index >= 15 is 0 Å². The Kier molecular flexibility index (Phi) is 4.47. The summed E-state index contributed by atoms with van der Waals surface area (Å²) in [6, 6.07) is 3.85. The molecule has 0 aliphatic carbocycles. The zero-order valence-corrected chi connectivity index (χ0v) is 10.9. The van der Waals surface area contributed by atoms with Gasteiger partial charge in [-0.05, 0) is 36.8 Å². The SMILES string of the molecule is Nc1cc(F)ccc1C(=O)NCC1CCCCS1.